The maximum Gasteiger partial charge on any atom is 0.244 e. The second-order valence-electron chi connectivity index (χ2n) is 5.28. The van der Waals surface area contributed by atoms with Crippen LogP contribution in [0.1, 0.15) is 25.0 Å². The largest absolute Gasteiger partial charge is 0.365 e. The van der Waals surface area contributed by atoms with Gasteiger partial charge in [-0.05, 0) is 18.4 Å². The topological polar surface area (TPSA) is 62.7 Å². The van der Waals surface area contributed by atoms with Crippen molar-refractivity contribution in [2.45, 2.75) is 27.3 Å². The normalized spacial score (nSPS) is 10.6. The Balaban J connectivity index is 1.94. The second-order valence-corrected chi connectivity index (χ2v) is 5.28. The molecule has 0 aliphatic carbocycles. The predicted molar refractivity (Wildman–Crippen MR) is 81.7 cm³/mol. The van der Waals surface area contributed by atoms with Crippen LogP contribution in [0.25, 0.3) is 0 Å². The van der Waals surface area contributed by atoms with E-state index in [-0.39, 0.29) is 0 Å². The van der Waals surface area contributed by atoms with Gasteiger partial charge in [0, 0.05) is 13.1 Å². The summed E-state index contributed by atoms with van der Waals surface area (Å²) in [6.07, 6.45) is 1.64. The Hall–Kier alpha value is -2.17. The van der Waals surface area contributed by atoms with Crippen LogP contribution in [0.2, 0.25) is 0 Å². The van der Waals surface area contributed by atoms with Crippen LogP contribution in [0.15, 0.2) is 30.5 Å². The molecule has 0 bridgehead atoms. The summed E-state index contributed by atoms with van der Waals surface area (Å²) in [5, 5.41) is 14.4. The summed E-state index contributed by atoms with van der Waals surface area (Å²) in [5.41, 5.74) is 2.48. The van der Waals surface area contributed by atoms with Gasteiger partial charge in [0.15, 0.2) is 5.82 Å². The van der Waals surface area contributed by atoms with E-state index in [2.05, 4.69) is 70.9 Å². The highest BCUT2D eigenvalue weighted by atomic mass is 15.3. The first-order chi connectivity index (χ1) is 9.63. The fourth-order valence-electron chi connectivity index (χ4n) is 1.77. The lowest BCUT2D eigenvalue weighted by Gasteiger charge is -2.09. The smallest absolute Gasteiger partial charge is 0.244 e. The van der Waals surface area contributed by atoms with E-state index >= 15 is 0 Å². The van der Waals surface area contributed by atoms with E-state index in [1.165, 1.54) is 11.1 Å². The monoisotopic (exact) mass is 271 g/mol. The van der Waals surface area contributed by atoms with Gasteiger partial charge in [0.1, 0.15) is 0 Å². The second kappa shape index (κ2) is 6.84. The highest BCUT2D eigenvalue weighted by molar-refractivity contribution is 5.38. The number of nitrogens with one attached hydrogen (secondary N) is 2. The minimum absolute atomic E-state index is 0.544. The minimum Gasteiger partial charge on any atom is -0.365 e. The summed E-state index contributed by atoms with van der Waals surface area (Å²) < 4.78 is 0. The average molecular weight is 271 g/mol. The van der Waals surface area contributed by atoms with E-state index in [1.54, 1.807) is 6.20 Å². The van der Waals surface area contributed by atoms with Crippen LogP contribution in [0.4, 0.5) is 11.8 Å². The quantitative estimate of drug-likeness (QED) is 0.846. The third-order valence-electron chi connectivity index (χ3n) is 2.78. The van der Waals surface area contributed by atoms with Crippen molar-refractivity contribution in [2.75, 3.05) is 17.2 Å². The van der Waals surface area contributed by atoms with E-state index in [0.717, 1.165) is 18.9 Å². The third kappa shape index (κ3) is 4.50. The van der Waals surface area contributed by atoms with Crippen molar-refractivity contribution < 1.29 is 0 Å². The van der Waals surface area contributed by atoms with Crippen LogP contribution in [0, 0.1) is 12.8 Å². The maximum absolute atomic E-state index is 4.39. The lowest BCUT2D eigenvalue weighted by Crippen LogP contribution is -2.12. The SMILES string of the molecule is Cc1cccc(CNc2cnnc(NCC(C)C)n2)c1. The minimum atomic E-state index is 0.544. The summed E-state index contributed by atoms with van der Waals surface area (Å²) in [4.78, 5) is 4.39. The Morgan fingerprint density at radius 1 is 1.20 bits per heavy atom. The van der Waals surface area contributed by atoms with Crippen molar-refractivity contribution in [1.29, 1.82) is 0 Å². The van der Waals surface area contributed by atoms with Crippen LogP contribution in [0.5, 0.6) is 0 Å². The summed E-state index contributed by atoms with van der Waals surface area (Å²) >= 11 is 0. The first-order valence-electron chi connectivity index (χ1n) is 6.86. The van der Waals surface area contributed by atoms with E-state index in [0.29, 0.717) is 11.9 Å². The molecule has 1 aromatic carbocycles. The van der Waals surface area contributed by atoms with Crippen LogP contribution in [-0.2, 0) is 6.54 Å². The highest BCUT2D eigenvalue weighted by Gasteiger charge is 2.01. The van der Waals surface area contributed by atoms with Crippen LogP contribution in [0.3, 0.4) is 0 Å². The molecule has 5 heteroatoms. The number of anilines is 2. The van der Waals surface area contributed by atoms with Crippen molar-refractivity contribution in [1.82, 2.24) is 15.2 Å². The Labute approximate surface area is 119 Å². The first kappa shape index (κ1) is 14.2. The van der Waals surface area contributed by atoms with Gasteiger partial charge in [-0.15, -0.1) is 5.10 Å². The molecule has 0 unspecified atom stereocenters. The van der Waals surface area contributed by atoms with Crippen molar-refractivity contribution in [2.24, 2.45) is 5.92 Å². The van der Waals surface area contributed by atoms with Crippen LogP contribution >= 0.6 is 0 Å². The Kier molecular flexibility index (Phi) is 4.87. The zero-order valence-corrected chi connectivity index (χ0v) is 12.2. The van der Waals surface area contributed by atoms with E-state index < -0.39 is 0 Å². The standard InChI is InChI=1S/C15H21N5/c1-11(2)8-17-15-19-14(10-18-20-15)16-9-13-6-4-5-12(3)7-13/h4-7,10-11H,8-9H2,1-3H3,(H2,16,17,19,20). The van der Waals surface area contributed by atoms with Gasteiger partial charge in [-0.2, -0.15) is 10.1 Å². The zero-order valence-electron chi connectivity index (χ0n) is 12.2. The van der Waals surface area contributed by atoms with Crippen molar-refractivity contribution in [3.05, 3.63) is 41.6 Å². The molecule has 2 rings (SSSR count). The number of nitrogens with zero attached hydrogens (tertiary/aromatic N) is 3. The molecule has 0 fully saturated rings. The molecule has 2 N–H and O–H groups in total. The van der Waals surface area contributed by atoms with Gasteiger partial charge in [0.2, 0.25) is 5.95 Å². The molecule has 20 heavy (non-hydrogen) atoms. The van der Waals surface area contributed by atoms with Gasteiger partial charge in [-0.3, -0.25) is 0 Å². The predicted octanol–water partition coefficient (Wildman–Crippen LogP) is 2.86. The third-order valence-corrected chi connectivity index (χ3v) is 2.78. The number of rotatable bonds is 6. The molecule has 2 aromatic rings. The molecule has 0 radical (unpaired) electrons. The van der Waals surface area contributed by atoms with E-state index in [4.69, 9.17) is 0 Å². The van der Waals surface area contributed by atoms with Crippen molar-refractivity contribution >= 4 is 11.8 Å². The van der Waals surface area contributed by atoms with Crippen LogP contribution in [-0.4, -0.2) is 21.7 Å². The summed E-state index contributed by atoms with van der Waals surface area (Å²) in [6, 6.07) is 8.38. The molecular formula is C15H21N5. The number of hydrogen-bond donors (Lipinski definition) is 2. The molecule has 1 aromatic heterocycles. The van der Waals surface area contributed by atoms with Crippen LogP contribution < -0.4 is 10.6 Å². The molecule has 0 aliphatic heterocycles. The first-order valence-corrected chi connectivity index (χ1v) is 6.86. The molecule has 0 aliphatic rings. The number of aromatic nitrogens is 3. The Morgan fingerprint density at radius 3 is 2.80 bits per heavy atom. The number of aryl methyl sites for hydroxylation is 1. The van der Waals surface area contributed by atoms with Gasteiger partial charge >= 0.3 is 0 Å². The number of hydrogen-bond acceptors (Lipinski definition) is 5. The average Bonchev–Trinajstić information content (AvgIpc) is 2.43. The molecule has 106 valence electrons. The molecular weight excluding hydrogens is 250 g/mol. The van der Waals surface area contributed by atoms with Gasteiger partial charge < -0.3 is 10.6 Å². The highest BCUT2D eigenvalue weighted by Crippen LogP contribution is 2.08. The molecule has 0 saturated carbocycles. The maximum atomic E-state index is 4.39. The van der Waals surface area contributed by atoms with Gasteiger partial charge in [0.05, 0.1) is 6.20 Å². The van der Waals surface area contributed by atoms with Gasteiger partial charge in [0.25, 0.3) is 0 Å². The summed E-state index contributed by atoms with van der Waals surface area (Å²) in [7, 11) is 0. The summed E-state index contributed by atoms with van der Waals surface area (Å²) in [6.45, 7) is 7.93. The van der Waals surface area contributed by atoms with Gasteiger partial charge in [-0.25, -0.2) is 0 Å². The molecule has 0 spiro atoms. The molecule has 0 amide bonds. The van der Waals surface area contributed by atoms with Gasteiger partial charge in [-0.1, -0.05) is 43.7 Å². The van der Waals surface area contributed by atoms with Crippen molar-refractivity contribution in [3.8, 4) is 0 Å². The van der Waals surface area contributed by atoms with E-state index in [1.807, 2.05) is 0 Å². The number of benzene rings is 1. The van der Waals surface area contributed by atoms with Crippen molar-refractivity contribution in [3.63, 3.8) is 0 Å². The zero-order chi connectivity index (χ0) is 14.4. The lowest BCUT2D eigenvalue weighted by atomic mass is 10.1. The Morgan fingerprint density at radius 2 is 2.05 bits per heavy atom. The fourth-order valence-corrected chi connectivity index (χ4v) is 1.77. The van der Waals surface area contributed by atoms with E-state index in [9.17, 15) is 0 Å². The molecule has 5 nitrogen and oxygen atoms in total. The lowest BCUT2D eigenvalue weighted by molar-refractivity contribution is 0.682. The Bertz CT molecular complexity index is 553. The molecule has 1 heterocycles. The fraction of sp³-hybridized carbons (Fsp3) is 0.400. The molecule has 0 saturated heterocycles. The summed E-state index contributed by atoms with van der Waals surface area (Å²) in [5.74, 6) is 1.84. The molecule has 0 atom stereocenters.